The standard InChI is InChI=1S/C14H20O/c1-10-4-5-11(2)13(8-10)14(3)7-6-12(15)9-14/h4-5,8,12,15H,6-7,9H2,1-3H3. The summed E-state index contributed by atoms with van der Waals surface area (Å²) in [5.74, 6) is 0. The van der Waals surface area contributed by atoms with Gasteiger partial charge in [-0.1, -0.05) is 30.7 Å². The highest BCUT2D eigenvalue weighted by Gasteiger charge is 2.36. The minimum absolute atomic E-state index is 0.102. The fourth-order valence-corrected chi connectivity index (χ4v) is 2.84. The van der Waals surface area contributed by atoms with Gasteiger partial charge < -0.3 is 5.11 Å². The number of hydrogen-bond acceptors (Lipinski definition) is 1. The van der Waals surface area contributed by atoms with Crippen LogP contribution in [0.15, 0.2) is 18.2 Å². The van der Waals surface area contributed by atoms with E-state index in [2.05, 4.69) is 39.0 Å². The highest BCUT2D eigenvalue weighted by atomic mass is 16.3. The monoisotopic (exact) mass is 204 g/mol. The van der Waals surface area contributed by atoms with Crippen LogP contribution < -0.4 is 0 Å². The molecular formula is C14H20O. The van der Waals surface area contributed by atoms with E-state index in [0.717, 1.165) is 19.3 Å². The maximum atomic E-state index is 9.69. The number of aliphatic hydroxyl groups is 1. The summed E-state index contributed by atoms with van der Waals surface area (Å²) in [4.78, 5) is 0. The summed E-state index contributed by atoms with van der Waals surface area (Å²) >= 11 is 0. The first kappa shape index (κ1) is 10.7. The van der Waals surface area contributed by atoms with Crippen LogP contribution in [0.3, 0.4) is 0 Å². The van der Waals surface area contributed by atoms with E-state index in [0.29, 0.717) is 0 Å². The Hall–Kier alpha value is -0.820. The number of aliphatic hydroxyl groups excluding tert-OH is 1. The smallest absolute Gasteiger partial charge is 0.0549 e. The highest BCUT2D eigenvalue weighted by Crippen LogP contribution is 2.42. The Morgan fingerprint density at radius 3 is 2.67 bits per heavy atom. The van der Waals surface area contributed by atoms with Gasteiger partial charge in [0.25, 0.3) is 0 Å². The van der Waals surface area contributed by atoms with Gasteiger partial charge in [0.05, 0.1) is 6.10 Å². The van der Waals surface area contributed by atoms with E-state index in [1.54, 1.807) is 0 Å². The fraction of sp³-hybridized carbons (Fsp3) is 0.571. The number of hydrogen-bond donors (Lipinski definition) is 1. The molecule has 1 aliphatic rings. The molecule has 1 heteroatoms. The van der Waals surface area contributed by atoms with Crippen LogP contribution in [0.2, 0.25) is 0 Å². The quantitative estimate of drug-likeness (QED) is 0.745. The molecule has 1 saturated carbocycles. The average molecular weight is 204 g/mol. The Kier molecular flexibility index (Phi) is 2.59. The van der Waals surface area contributed by atoms with E-state index in [9.17, 15) is 5.11 Å². The minimum Gasteiger partial charge on any atom is -0.393 e. The second kappa shape index (κ2) is 3.64. The zero-order valence-corrected chi connectivity index (χ0v) is 9.88. The van der Waals surface area contributed by atoms with Crippen LogP contribution in [0.4, 0.5) is 0 Å². The van der Waals surface area contributed by atoms with Gasteiger partial charge in [0, 0.05) is 0 Å². The average Bonchev–Trinajstić information content (AvgIpc) is 2.52. The summed E-state index contributed by atoms with van der Waals surface area (Å²) in [5, 5.41) is 9.69. The molecule has 0 saturated heterocycles. The number of rotatable bonds is 1. The molecule has 1 nitrogen and oxygen atoms in total. The lowest BCUT2D eigenvalue weighted by Gasteiger charge is -2.26. The van der Waals surface area contributed by atoms with Gasteiger partial charge in [0.2, 0.25) is 0 Å². The third-order valence-corrected chi connectivity index (χ3v) is 3.76. The van der Waals surface area contributed by atoms with E-state index in [1.165, 1.54) is 16.7 Å². The molecule has 0 radical (unpaired) electrons. The van der Waals surface area contributed by atoms with Gasteiger partial charge in [-0.2, -0.15) is 0 Å². The van der Waals surface area contributed by atoms with E-state index < -0.39 is 0 Å². The van der Waals surface area contributed by atoms with Crippen molar-refractivity contribution in [2.75, 3.05) is 0 Å². The van der Waals surface area contributed by atoms with Crippen molar-refractivity contribution >= 4 is 0 Å². The van der Waals surface area contributed by atoms with Crippen LogP contribution in [-0.4, -0.2) is 11.2 Å². The van der Waals surface area contributed by atoms with Gasteiger partial charge in [-0.3, -0.25) is 0 Å². The lowest BCUT2D eigenvalue weighted by atomic mass is 9.78. The maximum absolute atomic E-state index is 9.69. The van der Waals surface area contributed by atoms with Gasteiger partial charge in [-0.15, -0.1) is 0 Å². The van der Waals surface area contributed by atoms with Crippen molar-refractivity contribution in [3.63, 3.8) is 0 Å². The molecule has 2 unspecified atom stereocenters. The summed E-state index contributed by atoms with van der Waals surface area (Å²) in [6.45, 7) is 6.59. The Balaban J connectivity index is 2.40. The normalized spacial score (nSPS) is 30.8. The Labute approximate surface area is 92.1 Å². The summed E-state index contributed by atoms with van der Waals surface area (Å²) in [6, 6.07) is 6.64. The van der Waals surface area contributed by atoms with Crippen LogP contribution in [0.1, 0.15) is 42.9 Å². The molecule has 0 heterocycles. The molecular weight excluding hydrogens is 184 g/mol. The van der Waals surface area contributed by atoms with Gasteiger partial charge in [0.15, 0.2) is 0 Å². The molecule has 2 atom stereocenters. The van der Waals surface area contributed by atoms with Gasteiger partial charge in [-0.25, -0.2) is 0 Å². The third-order valence-electron chi connectivity index (χ3n) is 3.76. The molecule has 1 fully saturated rings. The molecule has 1 N–H and O–H groups in total. The third kappa shape index (κ3) is 1.93. The van der Waals surface area contributed by atoms with Crippen LogP contribution in [0.25, 0.3) is 0 Å². The van der Waals surface area contributed by atoms with Crippen LogP contribution in [-0.2, 0) is 5.41 Å². The Morgan fingerprint density at radius 2 is 2.07 bits per heavy atom. The van der Waals surface area contributed by atoms with Crippen molar-refractivity contribution < 1.29 is 5.11 Å². The first-order chi connectivity index (χ1) is 7.01. The van der Waals surface area contributed by atoms with Crippen molar-refractivity contribution in [3.8, 4) is 0 Å². The van der Waals surface area contributed by atoms with Crippen LogP contribution in [0, 0.1) is 13.8 Å². The van der Waals surface area contributed by atoms with Crippen molar-refractivity contribution in [1.82, 2.24) is 0 Å². The van der Waals surface area contributed by atoms with Crippen LogP contribution >= 0.6 is 0 Å². The zero-order chi connectivity index (χ0) is 11.1. The van der Waals surface area contributed by atoms with Crippen LogP contribution in [0.5, 0.6) is 0 Å². The molecule has 82 valence electrons. The number of aryl methyl sites for hydroxylation is 2. The lowest BCUT2D eigenvalue weighted by Crippen LogP contribution is -2.20. The number of benzene rings is 1. The predicted octanol–water partition coefficient (Wildman–Crippen LogP) is 3.11. The first-order valence-corrected chi connectivity index (χ1v) is 5.77. The molecule has 1 aromatic rings. The Morgan fingerprint density at radius 1 is 1.33 bits per heavy atom. The van der Waals surface area contributed by atoms with E-state index >= 15 is 0 Å². The van der Waals surface area contributed by atoms with E-state index in [4.69, 9.17) is 0 Å². The van der Waals surface area contributed by atoms with Gasteiger partial charge in [0.1, 0.15) is 0 Å². The summed E-state index contributed by atoms with van der Waals surface area (Å²) in [5.41, 5.74) is 4.30. The molecule has 1 aromatic carbocycles. The van der Waals surface area contributed by atoms with E-state index in [1.807, 2.05) is 0 Å². The zero-order valence-electron chi connectivity index (χ0n) is 9.88. The molecule has 0 aromatic heterocycles. The molecule has 15 heavy (non-hydrogen) atoms. The minimum atomic E-state index is -0.102. The largest absolute Gasteiger partial charge is 0.393 e. The maximum Gasteiger partial charge on any atom is 0.0549 e. The summed E-state index contributed by atoms with van der Waals surface area (Å²) in [7, 11) is 0. The van der Waals surface area contributed by atoms with Crippen molar-refractivity contribution in [2.45, 2.75) is 51.6 Å². The highest BCUT2D eigenvalue weighted by molar-refractivity contribution is 5.37. The second-order valence-corrected chi connectivity index (χ2v) is 5.28. The first-order valence-electron chi connectivity index (χ1n) is 5.77. The topological polar surface area (TPSA) is 20.2 Å². The molecule has 1 aliphatic carbocycles. The van der Waals surface area contributed by atoms with E-state index in [-0.39, 0.29) is 11.5 Å². The molecule has 0 aliphatic heterocycles. The molecule has 0 spiro atoms. The fourth-order valence-electron chi connectivity index (χ4n) is 2.84. The predicted molar refractivity (Wildman–Crippen MR) is 63.1 cm³/mol. The van der Waals surface area contributed by atoms with Crippen molar-refractivity contribution in [2.24, 2.45) is 0 Å². The molecule has 0 bridgehead atoms. The van der Waals surface area contributed by atoms with Crippen molar-refractivity contribution in [3.05, 3.63) is 34.9 Å². The van der Waals surface area contributed by atoms with Gasteiger partial charge >= 0.3 is 0 Å². The Bertz CT molecular complexity index is 370. The summed E-state index contributed by atoms with van der Waals surface area (Å²) in [6.07, 6.45) is 2.87. The lowest BCUT2D eigenvalue weighted by molar-refractivity contribution is 0.175. The summed E-state index contributed by atoms with van der Waals surface area (Å²) < 4.78 is 0. The van der Waals surface area contributed by atoms with Crippen molar-refractivity contribution in [1.29, 1.82) is 0 Å². The molecule has 2 rings (SSSR count). The van der Waals surface area contributed by atoms with Gasteiger partial charge in [-0.05, 0) is 49.7 Å². The SMILES string of the molecule is Cc1ccc(C)c(C2(C)CCC(O)C2)c1. The second-order valence-electron chi connectivity index (χ2n) is 5.28. The molecule has 0 amide bonds.